The Balaban J connectivity index is 1.58. The Kier molecular flexibility index (Phi) is 6.00. The molecule has 1 atom stereocenters. The maximum atomic E-state index is 12.3. The van der Waals surface area contributed by atoms with Crippen molar-refractivity contribution in [3.8, 4) is 0 Å². The fraction of sp³-hybridized carbons (Fsp3) is 0.545. The number of hydrogen-bond donors (Lipinski definition) is 1. The van der Waals surface area contributed by atoms with E-state index in [1.165, 1.54) is 5.56 Å². The molecule has 2 heterocycles. The van der Waals surface area contributed by atoms with Gasteiger partial charge in [0.2, 0.25) is 5.91 Å². The number of carbonyl (C=O) groups is 1. The molecule has 0 radical (unpaired) electrons. The monoisotopic (exact) mass is 369 g/mol. The molecule has 1 aliphatic heterocycles. The average Bonchev–Trinajstić information content (AvgIpc) is 3.05. The molecule has 1 aromatic carbocycles. The average molecular weight is 370 g/mol. The zero-order valence-electron chi connectivity index (χ0n) is 16.7. The van der Waals surface area contributed by atoms with E-state index in [-0.39, 0.29) is 16.9 Å². The lowest BCUT2D eigenvalue weighted by Gasteiger charge is -2.45. The SMILES string of the molecule is Cc1nccn1CCC(=O)NCC[C@@]1(c2ccccc2)CCOC(C)(C)C1. The summed E-state index contributed by atoms with van der Waals surface area (Å²) in [6, 6.07) is 10.7. The second-order valence-electron chi connectivity index (χ2n) is 8.20. The van der Waals surface area contributed by atoms with E-state index in [9.17, 15) is 4.79 Å². The van der Waals surface area contributed by atoms with E-state index in [0.717, 1.165) is 31.7 Å². The lowest BCUT2D eigenvalue weighted by atomic mass is 9.67. The van der Waals surface area contributed by atoms with Crippen molar-refractivity contribution in [2.75, 3.05) is 13.2 Å². The summed E-state index contributed by atoms with van der Waals surface area (Å²) >= 11 is 0. The normalized spacial score (nSPS) is 21.7. The van der Waals surface area contributed by atoms with Gasteiger partial charge in [-0.15, -0.1) is 0 Å². The second-order valence-corrected chi connectivity index (χ2v) is 8.20. The van der Waals surface area contributed by atoms with Crippen LogP contribution in [-0.4, -0.2) is 34.2 Å². The van der Waals surface area contributed by atoms with Crippen LogP contribution in [0.25, 0.3) is 0 Å². The minimum absolute atomic E-state index is 0.0528. The topological polar surface area (TPSA) is 56.2 Å². The molecule has 0 unspecified atom stereocenters. The van der Waals surface area contributed by atoms with Gasteiger partial charge in [0.05, 0.1) is 5.60 Å². The third-order valence-corrected chi connectivity index (χ3v) is 5.65. The van der Waals surface area contributed by atoms with Crippen molar-refractivity contribution in [2.45, 2.75) is 64.0 Å². The molecule has 1 aliphatic rings. The molecule has 0 spiro atoms. The maximum absolute atomic E-state index is 12.3. The summed E-state index contributed by atoms with van der Waals surface area (Å²) in [6.45, 7) is 8.39. The van der Waals surface area contributed by atoms with E-state index >= 15 is 0 Å². The van der Waals surface area contributed by atoms with E-state index in [0.29, 0.717) is 19.5 Å². The first-order chi connectivity index (χ1) is 12.9. The number of hydrogen-bond acceptors (Lipinski definition) is 3. The Labute approximate surface area is 162 Å². The molecule has 1 amide bonds. The van der Waals surface area contributed by atoms with Gasteiger partial charge < -0.3 is 14.6 Å². The van der Waals surface area contributed by atoms with Crippen LogP contribution in [-0.2, 0) is 21.5 Å². The van der Waals surface area contributed by atoms with E-state index in [1.54, 1.807) is 6.20 Å². The van der Waals surface area contributed by atoms with E-state index in [2.05, 4.69) is 54.5 Å². The van der Waals surface area contributed by atoms with Crippen molar-refractivity contribution in [1.82, 2.24) is 14.9 Å². The first-order valence-electron chi connectivity index (χ1n) is 9.84. The minimum atomic E-state index is -0.142. The lowest BCUT2D eigenvalue weighted by molar-refractivity contribution is -0.121. The first kappa shape index (κ1) is 19.6. The summed E-state index contributed by atoms with van der Waals surface area (Å²) in [4.78, 5) is 16.5. The molecule has 27 heavy (non-hydrogen) atoms. The number of nitrogens with one attached hydrogen (secondary N) is 1. The van der Waals surface area contributed by atoms with Crippen LogP contribution in [0.5, 0.6) is 0 Å². The standard InChI is InChI=1S/C22H31N3O2/c1-18-23-13-15-25(18)14-9-20(26)24-12-10-22(19-7-5-4-6-8-19)11-16-27-21(2,3)17-22/h4-8,13,15H,9-12,14,16-17H2,1-3H3,(H,24,26)/t22-/m1/s1. The van der Waals surface area contributed by atoms with Gasteiger partial charge in [0.25, 0.3) is 0 Å². The summed E-state index contributed by atoms with van der Waals surface area (Å²) in [5.74, 6) is 1.04. The minimum Gasteiger partial charge on any atom is -0.376 e. The van der Waals surface area contributed by atoms with Crippen molar-refractivity contribution in [3.63, 3.8) is 0 Å². The van der Waals surface area contributed by atoms with Gasteiger partial charge in [0.15, 0.2) is 0 Å². The Morgan fingerprint density at radius 1 is 1.30 bits per heavy atom. The molecule has 146 valence electrons. The number of imidazole rings is 1. The number of rotatable bonds is 7. The van der Waals surface area contributed by atoms with Gasteiger partial charge >= 0.3 is 0 Å². The van der Waals surface area contributed by atoms with Crippen LogP contribution in [0.2, 0.25) is 0 Å². The van der Waals surface area contributed by atoms with Crippen molar-refractivity contribution < 1.29 is 9.53 Å². The molecule has 1 saturated heterocycles. The van der Waals surface area contributed by atoms with Crippen molar-refractivity contribution in [2.24, 2.45) is 0 Å². The van der Waals surface area contributed by atoms with Crippen LogP contribution in [0, 0.1) is 6.92 Å². The molecule has 3 rings (SSSR count). The maximum Gasteiger partial charge on any atom is 0.221 e. The molecule has 0 saturated carbocycles. The smallest absolute Gasteiger partial charge is 0.221 e. The predicted octanol–water partition coefficient (Wildman–Crippen LogP) is 3.61. The van der Waals surface area contributed by atoms with Gasteiger partial charge in [0.1, 0.15) is 5.82 Å². The van der Waals surface area contributed by atoms with Crippen LogP contribution >= 0.6 is 0 Å². The summed E-state index contributed by atoms with van der Waals surface area (Å²) in [6.07, 6.45) is 7.04. The molecule has 2 aromatic rings. The summed E-state index contributed by atoms with van der Waals surface area (Å²) in [5.41, 5.74) is 1.26. The number of ether oxygens (including phenoxy) is 1. The Hall–Kier alpha value is -2.14. The Bertz CT molecular complexity index is 754. The van der Waals surface area contributed by atoms with Gasteiger partial charge in [0, 0.05) is 43.9 Å². The number of amides is 1. The number of nitrogens with zero attached hydrogens (tertiary/aromatic N) is 2. The molecule has 5 nitrogen and oxygen atoms in total. The van der Waals surface area contributed by atoms with Gasteiger partial charge in [-0.1, -0.05) is 30.3 Å². The van der Waals surface area contributed by atoms with E-state index < -0.39 is 0 Å². The molecule has 1 N–H and O–H groups in total. The highest BCUT2D eigenvalue weighted by atomic mass is 16.5. The van der Waals surface area contributed by atoms with Crippen molar-refractivity contribution in [3.05, 3.63) is 54.1 Å². The molecule has 1 aromatic heterocycles. The second kappa shape index (κ2) is 8.26. The lowest BCUT2D eigenvalue weighted by Crippen LogP contribution is -2.45. The fourth-order valence-electron chi connectivity index (χ4n) is 4.26. The number of aromatic nitrogens is 2. The summed E-state index contributed by atoms with van der Waals surface area (Å²) in [7, 11) is 0. The van der Waals surface area contributed by atoms with Crippen molar-refractivity contribution in [1.29, 1.82) is 0 Å². The van der Waals surface area contributed by atoms with Crippen LogP contribution in [0.4, 0.5) is 0 Å². The molecule has 5 heteroatoms. The quantitative estimate of drug-likeness (QED) is 0.811. The highest BCUT2D eigenvalue weighted by molar-refractivity contribution is 5.75. The number of aryl methyl sites for hydroxylation is 2. The zero-order valence-corrected chi connectivity index (χ0v) is 16.7. The summed E-state index contributed by atoms with van der Waals surface area (Å²) < 4.78 is 7.97. The number of carbonyl (C=O) groups excluding carboxylic acids is 1. The number of benzene rings is 1. The molecule has 1 fully saturated rings. The van der Waals surface area contributed by atoms with Gasteiger partial charge in [-0.05, 0) is 45.6 Å². The Morgan fingerprint density at radius 2 is 2.07 bits per heavy atom. The fourth-order valence-corrected chi connectivity index (χ4v) is 4.26. The summed E-state index contributed by atoms with van der Waals surface area (Å²) in [5, 5.41) is 3.12. The highest BCUT2D eigenvalue weighted by Gasteiger charge is 2.41. The van der Waals surface area contributed by atoms with Crippen LogP contribution in [0.15, 0.2) is 42.7 Å². The third kappa shape index (κ3) is 4.98. The molecule has 0 bridgehead atoms. The molecule has 0 aliphatic carbocycles. The molecular weight excluding hydrogens is 338 g/mol. The highest BCUT2D eigenvalue weighted by Crippen LogP contribution is 2.43. The van der Waals surface area contributed by atoms with Gasteiger partial charge in [-0.3, -0.25) is 4.79 Å². The third-order valence-electron chi connectivity index (χ3n) is 5.65. The van der Waals surface area contributed by atoms with Gasteiger partial charge in [-0.25, -0.2) is 4.98 Å². The molecular formula is C22H31N3O2. The predicted molar refractivity (Wildman–Crippen MR) is 107 cm³/mol. The van der Waals surface area contributed by atoms with Crippen LogP contribution < -0.4 is 5.32 Å². The van der Waals surface area contributed by atoms with Crippen LogP contribution in [0.1, 0.15) is 50.9 Å². The van der Waals surface area contributed by atoms with E-state index in [1.807, 2.05) is 17.7 Å². The first-order valence-corrected chi connectivity index (χ1v) is 9.84. The van der Waals surface area contributed by atoms with Crippen molar-refractivity contribution >= 4 is 5.91 Å². The van der Waals surface area contributed by atoms with Crippen LogP contribution in [0.3, 0.4) is 0 Å². The largest absolute Gasteiger partial charge is 0.376 e. The zero-order chi connectivity index (χ0) is 19.3. The van der Waals surface area contributed by atoms with Gasteiger partial charge in [-0.2, -0.15) is 0 Å². The van der Waals surface area contributed by atoms with E-state index in [4.69, 9.17) is 4.74 Å². The Morgan fingerprint density at radius 3 is 2.74 bits per heavy atom.